The van der Waals surface area contributed by atoms with Gasteiger partial charge in [-0.3, -0.25) is 14.9 Å². The molecule has 0 saturated heterocycles. The van der Waals surface area contributed by atoms with E-state index in [-0.39, 0.29) is 23.5 Å². The highest BCUT2D eigenvalue weighted by molar-refractivity contribution is 5.81. The fourth-order valence-electron chi connectivity index (χ4n) is 1.38. The number of anilines is 1. The van der Waals surface area contributed by atoms with Crippen molar-refractivity contribution in [2.45, 2.75) is 13.8 Å². The fourth-order valence-corrected chi connectivity index (χ4v) is 1.38. The Hall–Kier alpha value is -2.62. The molecule has 3 N–H and O–H groups in total. The SMILES string of the molecule is CC(C)(CNc1cccc(C#N)c1[N+](=O)[O-])C(N)=O. The Bertz CT molecular complexity index is 561. The molecule has 0 aliphatic heterocycles. The van der Waals surface area contributed by atoms with Gasteiger partial charge in [0.05, 0.1) is 10.3 Å². The van der Waals surface area contributed by atoms with Crippen LogP contribution in [0.15, 0.2) is 18.2 Å². The molecular formula is C12H14N4O3. The van der Waals surface area contributed by atoms with E-state index >= 15 is 0 Å². The highest BCUT2D eigenvalue weighted by Crippen LogP contribution is 2.29. The second kappa shape index (κ2) is 5.35. The van der Waals surface area contributed by atoms with Gasteiger partial charge in [0.25, 0.3) is 0 Å². The molecule has 1 amide bonds. The first-order valence-electron chi connectivity index (χ1n) is 5.51. The van der Waals surface area contributed by atoms with E-state index in [0.29, 0.717) is 0 Å². The molecule has 0 bridgehead atoms. The molecule has 100 valence electrons. The fraction of sp³-hybridized carbons (Fsp3) is 0.333. The standard InChI is InChI=1S/C12H14N4O3/c1-12(2,11(14)17)7-15-9-5-3-4-8(6-13)10(9)16(18)19/h3-5,15H,7H2,1-2H3,(H2,14,17). The number of nitrogens with zero attached hydrogens (tertiary/aromatic N) is 2. The Morgan fingerprint density at radius 3 is 2.68 bits per heavy atom. The summed E-state index contributed by atoms with van der Waals surface area (Å²) in [5.74, 6) is -0.515. The smallest absolute Gasteiger partial charge is 0.309 e. The van der Waals surface area contributed by atoms with Gasteiger partial charge in [-0.15, -0.1) is 0 Å². The summed E-state index contributed by atoms with van der Waals surface area (Å²) in [6.07, 6.45) is 0. The van der Waals surface area contributed by atoms with Crippen molar-refractivity contribution < 1.29 is 9.72 Å². The van der Waals surface area contributed by atoms with Gasteiger partial charge in [-0.25, -0.2) is 0 Å². The molecule has 0 fully saturated rings. The maximum absolute atomic E-state index is 11.2. The number of hydrogen-bond donors (Lipinski definition) is 2. The predicted molar refractivity (Wildman–Crippen MR) is 69.3 cm³/mol. The Kier molecular flexibility index (Phi) is 4.07. The Labute approximate surface area is 110 Å². The van der Waals surface area contributed by atoms with E-state index in [0.717, 1.165) is 0 Å². The minimum atomic E-state index is -0.851. The normalized spacial score (nSPS) is 10.6. The van der Waals surface area contributed by atoms with Gasteiger partial charge in [0.1, 0.15) is 17.3 Å². The molecule has 0 spiro atoms. The maximum atomic E-state index is 11.2. The summed E-state index contributed by atoms with van der Waals surface area (Å²) in [5.41, 5.74) is 4.23. The van der Waals surface area contributed by atoms with E-state index in [1.54, 1.807) is 19.9 Å². The van der Waals surface area contributed by atoms with Crippen LogP contribution in [0.3, 0.4) is 0 Å². The van der Waals surface area contributed by atoms with Gasteiger partial charge in [-0.2, -0.15) is 5.26 Å². The first-order valence-corrected chi connectivity index (χ1v) is 5.51. The number of nitrogens with two attached hydrogens (primary N) is 1. The van der Waals surface area contributed by atoms with Crippen LogP contribution < -0.4 is 11.1 Å². The van der Waals surface area contributed by atoms with Crippen molar-refractivity contribution in [3.63, 3.8) is 0 Å². The number of nitro groups is 1. The largest absolute Gasteiger partial charge is 0.378 e. The molecule has 1 aromatic carbocycles. The Morgan fingerprint density at radius 1 is 1.58 bits per heavy atom. The molecule has 0 heterocycles. The molecule has 1 rings (SSSR count). The molecule has 0 aromatic heterocycles. The summed E-state index contributed by atoms with van der Waals surface area (Å²) < 4.78 is 0. The highest BCUT2D eigenvalue weighted by atomic mass is 16.6. The summed E-state index contributed by atoms with van der Waals surface area (Å²) in [5, 5.41) is 22.6. The average Bonchev–Trinajstić information content (AvgIpc) is 2.35. The summed E-state index contributed by atoms with van der Waals surface area (Å²) in [4.78, 5) is 21.5. The van der Waals surface area contributed by atoms with Crippen LogP contribution in [0.5, 0.6) is 0 Å². The molecule has 0 unspecified atom stereocenters. The second-order valence-electron chi connectivity index (χ2n) is 4.67. The number of primary amides is 1. The lowest BCUT2D eigenvalue weighted by Crippen LogP contribution is -2.37. The summed E-state index contributed by atoms with van der Waals surface area (Å²) >= 11 is 0. The summed E-state index contributed by atoms with van der Waals surface area (Å²) in [7, 11) is 0. The number of benzene rings is 1. The van der Waals surface area contributed by atoms with E-state index in [2.05, 4.69) is 5.32 Å². The van der Waals surface area contributed by atoms with Gasteiger partial charge in [-0.1, -0.05) is 6.07 Å². The third kappa shape index (κ3) is 3.19. The highest BCUT2D eigenvalue weighted by Gasteiger charge is 2.26. The molecule has 0 aliphatic rings. The molecular weight excluding hydrogens is 248 g/mol. The van der Waals surface area contributed by atoms with Gasteiger partial charge in [0, 0.05) is 6.54 Å². The van der Waals surface area contributed by atoms with Gasteiger partial charge < -0.3 is 11.1 Å². The van der Waals surface area contributed by atoms with E-state index in [1.807, 2.05) is 0 Å². The molecule has 1 aromatic rings. The van der Waals surface area contributed by atoms with Crippen LogP contribution in [0.1, 0.15) is 19.4 Å². The molecule has 0 aliphatic carbocycles. The molecule has 0 saturated carbocycles. The van der Waals surface area contributed by atoms with Crippen LogP contribution in [-0.4, -0.2) is 17.4 Å². The van der Waals surface area contributed by atoms with Crippen molar-refractivity contribution in [2.75, 3.05) is 11.9 Å². The number of para-hydroxylation sites is 1. The van der Waals surface area contributed by atoms with Gasteiger partial charge in [0.2, 0.25) is 5.91 Å². The minimum Gasteiger partial charge on any atom is -0.378 e. The van der Waals surface area contributed by atoms with Gasteiger partial charge in [-0.05, 0) is 26.0 Å². The molecule has 0 radical (unpaired) electrons. The van der Waals surface area contributed by atoms with E-state index < -0.39 is 16.2 Å². The molecule has 7 heteroatoms. The number of rotatable bonds is 5. The number of hydrogen-bond acceptors (Lipinski definition) is 5. The lowest BCUT2D eigenvalue weighted by Gasteiger charge is -2.21. The quantitative estimate of drug-likeness (QED) is 0.613. The summed E-state index contributed by atoms with van der Waals surface area (Å²) in [6.45, 7) is 3.39. The third-order valence-corrected chi connectivity index (χ3v) is 2.73. The van der Waals surface area contributed by atoms with Crippen LogP contribution in [0, 0.1) is 26.9 Å². The lowest BCUT2D eigenvalue weighted by atomic mass is 9.92. The minimum absolute atomic E-state index is 0.0353. The zero-order chi connectivity index (χ0) is 14.6. The average molecular weight is 262 g/mol. The van der Waals surface area contributed by atoms with Crippen LogP contribution in [0.4, 0.5) is 11.4 Å². The van der Waals surface area contributed by atoms with Crippen molar-refractivity contribution in [1.82, 2.24) is 0 Å². The Balaban J connectivity index is 3.06. The number of nitro benzene ring substituents is 1. The number of nitrogens with one attached hydrogen (secondary N) is 1. The number of amides is 1. The van der Waals surface area contributed by atoms with Crippen LogP contribution in [-0.2, 0) is 4.79 Å². The second-order valence-corrected chi connectivity index (χ2v) is 4.67. The Morgan fingerprint density at radius 2 is 2.21 bits per heavy atom. The molecule has 19 heavy (non-hydrogen) atoms. The molecule has 0 atom stereocenters. The molecule has 7 nitrogen and oxygen atoms in total. The van der Waals surface area contributed by atoms with Crippen LogP contribution >= 0.6 is 0 Å². The van der Waals surface area contributed by atoms with E-state index in [9.17, 15) is 14.9 Å². The van der Waals surface area contributed by atoms with Crippen molar-refractivity contribution in [1.29, 1.82) is 5.26 Å². The van der Waals surface area contributed by atoms with E-state index in [4.69, 9.17) is 11.0 Å². The number of carbonyl (C=O) groups is 1. The number of carbonyl (C=O) groups excluding carboxylic acids is 1. The maximum Gasteiger partial charge on any atom is 0.309 e. The first kappa shape index (κ1) is 14.4. The monoisotopic (exact) mass is 262 g/mol. The zero-order valence-electron chi connectivity index (χ0n) is 10.6. The van der Waals surface area contributed by atoms with Gasteiger partial charge in [0.15, 0.2) is 0 Å². The van der Waals surface area contributed by atoms with E-state index in [1.165, 1.54) is 18.2 Å². The van der Waals surface area contributed by atoms with Crippen molar-refractivity contribution >= 4 is 17.3 Å². The van der Waals surface area contributed by atoms with Gasteiger partial charge >= 0.3 is 5.69 Å². The van der Waals surface area contributed by atoms with Crippen molar-refractivity contribution in [3.05, 3.63) is 33.9 Å². The van der Waals surface area contributed by atoms with Crippen LogP contribution in [0.2, 0.25) is 0 Å². The first-order chi connectivity index (χ1) is 8.79. The lowest BCUT2D eigenvalue weighted by molar-refractivity contribution is -0.384. The van der Waals surface area contributed by atoms with Crippen molar-refractivity contribution in [3.8, 4) is 6.07 Å². The third-order valence-electron chi connectivity index (χ3n) is 2.73. The zero-order valence-corrected chi connectivity index (χ0v) is 10.6. The topological polar surface area (TPSA) is 122 Å². The number of nitriles is 1. The van der Waals surface area contributed by atoms with Crippen LogP contribution in [0.25, 0.3) is 0 Å². The van der Waals surface area contributed by atoms with Crippen molar-refractivity contribution in [2.24, 2.45) is 11.1 Å². The summed E-state index contributed by atoms with van der Waals surface area (Å²) in [6, 6.07) is 6.14. The predicted octanol–water partition coefficient (Wildman–Crippen LogP) is 1.39.